The van der Waals surface area contributed by atoms with Crippen molar-refractivity contribution in [2.45, 2.75) is 27.7 Å². The molecule has 0 spiro atoms. The van der Waals surface area contributed by atoms with Crippen molar-refractivity contribution in [3.05, 3.63) is 63.8 Å². The van der Waals surface area contributed by atoms with Crippen LogP contribution in [0.4, 0.5) is 5.69 Å². The highest BCUT2D eigenvalue weighted by Gasteiger charge is 2.17. The van der Waals surface area contributed by atoms with Crippen molar-refractivity contribution in [1.29, 1.82) is 0 Å². The number of aromatic nitrogens is 1. The fraction of sp³-hybridized carbons (Fsp3) is 0.273. The van der Waals surface area contributed by atoms with Gasteiger partial charge in [0.2, 0.25) is 0 Å². The molecule has 0 aliphatic carbocycles. The highest BCUT2D eigenvalue weighted by molar-refractivity contribution is 6.34. The molecular formula is C22H24ClN3O2. The van der Waals surface area contributed by atoms with E-state index in [1.54, 1.807) is 29.2 Å². The van der Waals surface area contributed by atoms with Crippen molar-refractivity contribution >= 4 is 40.0 Å². The second-order valence-corrected chi connectivity index (χ2v) is 7.17. The smallest absolute Gasteiger partial charge is 0.255 e. The number of nitrogens with zero attached hydrogens (tertiary/aromatic N) is 1. The molecule has 5 nitrogen and oxygen atoms in total. The molecule has 28 heavy (non-hydrogen) atoms. The molecule has 2 aromatic carbocycles. The maximum Gasteiger partial charge on any atom is 0.255 e. The highest BCUT2D eigenvalue weighted by Crippen LogP contribution is 2.25. The van der Waals surface area contributed by atoms with Gasteiger partial charge in [0.1, 0.15) is 0 Å². The van der Waals surface area contributed by atoms with Crippen LogP contribution in [0.25, 0.3) is 10.9 Å². The standard InChI is InChI=1S/C22H24ClN3O2/c1-5-26(6-2)22(28)17-9-8-16(12-19(17)23)25-21(27)15-7-10-20-18(11-15)13(3)14(4)24-20/h7-12,24H,5-6H2,1-4H3,(H,25,27). The zero-order chi connectivity index (χ0) is 20.4. The van der Waals surface area contributed by atoms with Crippen LogP contribution >= 0.6 is 11.6 Å². The van der Waals surface area contributed by atoms with E-state index in [2.05, 4.69) is 10.3 Å². The van der Waals surface area contributed by atoms with Crippen LogP contribution in [0.3, 0.4) is 0 Å². The topological polar surface area (TPSA) is 65.2 Å². The number of hydrogen-bond donors (Lipinski definition) is 2. The van der Waals surface area contributed by atoms with Gasteiger partial charge in [0, 0.05) is 40.9 Å². The number of aromatic amines is 1. The van der Waals surface area contributed by atoms with Crippen LogP contribution in [0, 0.1) is 13.8 Å². The largest absolute Gasteiger partial charge is 0.358 e. The van der Waals surface area contributed by atoms with Crippen LogP contribution in [0.15, 0.2) is 36.4 Å². The van der Waals surface area contributed by atoms with Crippen LogP contribution < -0.4 is 5.32 Å². The van der Waals surface area contributed by atoms with Crippen LogP contribution in [0.2, 0.25) is 5.02 Å². The Bertz CT molecular complexity index is 1050. The molecule has 2 amide bonds. The molecule has 6 heteroatoms. The lowest BCUT2D eigenvalue weighted by Gasteiger charge is -2.19. The van der Waals surface area contributed by atoms with Gasteiger partial charge in [0.05, 0.1) is 10.6 Å². The number of fused-ring (bicyclic) bond motifs is 1. The van der Waals surface area contributed by atoms with E-state index in [1.807, 2.05) is 39.8 Å². The van der Waals surface area contributed by atoms with Gasteiger partial charge in [-0.2, -0.15) is 0 Å². The molecule has 0 aliphatic heterocycles. The van der Waals surface area contributed by atoms with Gasteiger partial charge in [-0.05, 0) is 69.7 Å². The average Bonchev–Trinajstić information content (AvgIpc) is 2.96. The fourth-order valence-corrected chi connectivity index (χ4v) is 3.51. The van der Waals surface area contributed by atoms with Gasteiger partial charge < -0.3 is 15.2 Å². The molecule has 3 rings (SSSR count). The number of amides is 2. The summed E-state index contributed by atoms with van der Waals surface area (Å²) in [6.45, 7) is 9.12. The lowest BCUT2D eigenvalue weighted by Crippen LogP contribution is -2.30. The van der Waals surface area contributed by atoms with E-state index in [1.165, 1.54) is 0 Å². The quantitative estimate of drug-likeness (QED) is 0.623. The number of aryl methyl sites for hydroxylation is 2. The van der Waals surface area contributed by atoms with Crippen molar-refractivity contribution in [2.24, 2.45) is 0 Å². The van der Waals surface area contributed by atoms with Gasteiger partial charge in [-0.15, -0.1) is 0 Å². The Kier molecular flexibility index (Phi) is 5.75. The normalized spacial score (nSPS) is 10.9. The lowest BCUT2D eigenvalue weighted by molar-refractivity contribution is 0.0773. The maximum absolute atomic E-state index is 12.7. The van der Waals surface area contributed by atoms with E-state index in [-0.39, 0.29) is 11.8 Å². The SMILES string of the molecule is CCN(CC)C(=O)c1ccc(NC(=O)c2ccc3[nH]c(C)c(C)c3c2)cc1Cl. The fourth-order valence-electron chi connectivity index (χ4n) is 3.25. The molecule has 0 unspecified atom stereocenters. The van der Waals surface area contributed by atoms with E-state index >= 15 is 0 Å². The number of carbonyl (C=O) groups is 2. The number of anilines is 1. The van der Waals surface area contributed by atoms with Crippen LogP contribution in [0.1, 0.15) is 45.8 Å². The molecule has 1 heterocycles. The van der Waals surface area contributed by atoms with Gasteiger partial charge in [0.15, 0.2) is 0 Å². The van der Waals surface area contributed by atoms with Gasteiger partial charge in [-0.1, -0.05) is 11.6 Å². The molecule has 0 saturated carbocycles. The summed E-state index contributed by atoms with van der Waals surface area (Å²) in [6.07, 6.45) is 0. The second kappa shape index (κ2) is 8.07. The molecule has 0 saturated heterocycles. The van der Waals surface area contributed by atoms with Gasteiger partial charge in [-0.3, -0.25) is 9.59 Å². The number of H-pyrrole nitrogens is 1. The molecular weight excluding hydrogens is 374 g/mol. The summed E-state index contributed by atoms with van der Waals surface area (Å²) in [7, 11) is 0. The summed E-state index contributed by atoms with van der Waals surface area (Å²) in [6, 6.07) is 10.5. The first kappa shape index (κ1) is 20.0. The predicted octanol–water partition coefficient (Wildman–Crippen LogP) is 5.17. The summed E-state index contributed by atoms with van der Waals surface area (Å²) in [5.74, 6) is -0.337. The number of halogens is 1. The first-order valence-electron chi connectivity index (χ1n) is 9.34. The minimum atomic E-state index is -0.223. The second-order valence-electron chi connectivity index (χ2n) is 6.76. The summed E-state index contributed by atoms with van der Waals surface area (Å²) >= 11 is 6.31. The van der Waals surface area contributed by atoms with Gasteiger partial charge >= 0.3 is 0 Å². The van der Waals surface area contributed by atoms with Crippen molar-refractivity contribution in [2.75, 3.05) is 18.4 Å². The minimum absolute atomic E-state index is 0.114. The third-order valence-corrected chi connectivity index (χ3v) is 5.39. The molecule has 0 radical (unpaired) electrons. The monoisotopic (exact) mass is 397 g/mol. The van der Waals surface area contributed by atoms with E-state index in [4.69, 9.17) is 11.6 Å². The lowest BCUT2D eigenvalue weighted by atomic mass is 10.1. The molecule has 0 atom stereocenters. The number of nitrogens with one attached hydrogen (secondary N) is 2. The molecule has 146 valence electrons. The number of hydrogen-bond acceptors (Lipinski definition) is 2. The van der Waals surface area contributed by atoms with E-state index < -0.39 is 0 Å². The Balaban J connectivity index is 1.82. The molecule has 0 bridgehead atoms. The molecule has 0 fully saturated rings. The Morgan fingerprint density at radius 1 is 1.07 bits per heavy atom. The first-order valence-corrected chi connectivity index (χ1v) is 9.72. The molecule has 3 aromatic rings. The summed E-state index contributed by atoms with van der Waals surface area (Å²) in [4.78, 5) is 30.2. The van der Waals surface area contributed by atoms with Crippen LogP contribution in [-0.4, -0.2) is 34.8 Å². The van der Waals surface area contributed by atoms with Gasteiger partial charge in [0.25, 0.3) is 11.8 Å². The zero-order valence-corrected chi connectivity index (χ0v) is 17.3. The number of benzene rings is 2. The third-order valence-electron chi connectivity index (χ3n) is 5.08. The van der Waals surface area contributed by atoms with Crippen LogP contribution in [-0.2, 0) is 0 Å². The van der Waals surface area contributed by atoms with Crippen LogP contribution in [0.5, 0.6) is 0 Å². The average molecular weight is 398 g/mol. The van der Waals surface area contributed by atoms with E-state index in [9.17, 15) is 9.59 Å². The number of carbonyl (C=O) groups excluding carboxylic acids is 2. The Morgan fingerprint density at radius 3 is 2.43 bits per heavy atom. The van der Waals surface area contributed by atoms with Gasteiger partial charge in [-0.25, -0.2) is 0 Å². The first-order chi connectivity index (χ1) is 13.3. The van der Waals surface area contributed by atoms with Crippen molar-refractivity contribution < 1.29 is 9.59 Å². The minimum Gasteiger partial charge on any atom is -0.358 e. The number of rotatable bonds is 5. The highest BCUT2D eigenvalue weighted by atomic mass is 35.5. The maximum atomic E-state index is 12.7. The molecule has 2 N–H and O–H groups in total. The summed E-state index contributed by atoms with van der Waals surface area (Å²) in [5, 5.41) is 4.21. The Morgan fingerprint density at radius 2 is 1.79 bits per heavy atom. The van der Waals surface area contributed by atoms with E-state index in [0.717, 1.165) is 22.2 Å². The zero-order valence-electron chi connectivity index (χ0n) is 16.5. The molecule has 1 aromatic heterocycles. The Labute approximate surface area is 169 Å². The predicted molar refractivity (Wildman–Crippen MR) is 114 cm³/mol. The summed E-state index contributed by atoms with van der Waals surface area (Å²) < 4.78 is 0. The summed E-state index contributed by atoms with van der Waals surface area (Å²) in [5.41, 5.74) is 4.78. The van der Waals surface area contributed by atoms with Crippen molar-refractivity contribution in [1.82, 2.24) is 9.88 Å². The molecule has 0 aliphatic rings. The third kappa shape index (κ3) is 3.76. The van der Waals surface area contributed by atoms with Crippen molar-refractivity contribution in [3.63, 3.8) is 0 Å². The van der Waals surface area contributed by atoms with Crippen molar-refractivity contribution in [3.8, 4) is 0 Å². The van der Waals surface area contributed by atoms with E-state index in [0.29, 0.717) is 34.9 Å². The Hall–Kier alpha value is -2.79.